The molecule has 1 atom stereocenters. The largest absolute Gasteiger partial charge is 0.392 e. The van der Waals surface area contributed by atoms with Gasteiger partial charge in [0.15, 0.2) is 0 Å². The van der Waals surface area contributed by atoms with Crippen molar-refractivity contribution in [3.8, 4) is 0 Å². The molecule has 0 bridgehead atoms. The molecule has 0 saturated heterocycles. The van der Waals surface area contributed by atoms with Gasteiger partial charge in [-0.05, 0) is 19.8 Å². The lowest BCUT2D eigenvalue weighted by Crippen LogP contribution is -2.43. The number of primary amides is 1. The summed E-state index contributed by atoms with van der Waals surface area (Å²) in [5, 5.41) is 11.6. The van der Waals surface area contributed by atoms with Crippen LogP contribution in [0.3, 0.4) is 0 Å². The Balaban J connectivity index is 2.44. The predicted octanol–water partition coefficient (Wildman–Crippen LogP) is 0.587. The number of urea groups is 1. The lowest BCUT2D eigenvalue weighted by molar-refractivity contribution is -0.120. The molecular weight excluding hydrogens is 246 g/mol. The monoisotopic (exact) mass is 271 g/mol. The fraction of sp³-hybridized carbons (Fsp3) is 0.846. The first-order chi connectivity index (χ1) is 8.99. The van der Waals surface area contributed by atoms with Crippen molar-refractivity contribution in [3.63, 3.8) is 0 Å². The van der Waals surface area contributed by atoms with Crippen molar-refractivity contribution in [3.05, 3.63) is 0 Å². The molecule has 0 heterocycles. The molecule has 6 nitrogen and oxygen atoms in total. The van der Waals surface area contributed by atoms with Gasteiger partial charge in [-0.25, -0.2) is 4.79 Å². The van der Waals surface area contributed by atoms with Crippen LogP contribution in [0.25, 0.3) is 0 Å². The quantitative estimate of drug-likeness (QED) is 0.658. The number of aliphatic hydroxyl groups excluding tert-OH is 1. The Bertz CT molecular complexity index is 302. The molecule has 0 spiro atoms. The van der Waals surface area contributed by atoms with E-state index in [0.717, 1.165) is 12.8 Å². The van der Waals surface area contributed by atoms with Crippen LogP contribution < -0.4 is 11.1 Å². The number of nitrogens with two attached hydrogens (primary N) is 1. The molecular formula is C13H25N3O3. The zero-order valence-electron chi connectivity index (χ0n) is 11.6. The average Bonchev–Trinajstić information content (AvgIpc) is 2.34. The first kappa shape index (κ1) is 15.9. The molecule has 0 aromatic carbocycles. The lowest BCUT2D eigenvalue weighted by atomic mass is 9.94. The second kappa shape index (κ2) is 8.12. The summed E-state index contributed by atoms with van der Waals surface area (Å²) in [6.07, 6.45) is 5.71. The van der Waals surface area contributed by atoms with Crippen LogP contribution >= 0.6 is 0 Å². The molecule has 0 aliphatic heterocycles. The predicted molar refractivity (Wildman–Crippen MR) is 72.5 cm³/mol. The molecule has 110 valence electrons. The second-order valence-electron chi connectivity index (χ2n) is 5.30. The summed E-state index contributed by atoms with van der Waals surface area (Å²) in [5.74, 6) is -0.362. The van der Waals surface area contributed by atoms with Gasteiger partial charge in [-0.1, -0.05) is 19.3 Å². The van der Waals surface area contributed by atoms with E-state index in [1.54, 1.807) is 6.92 Å². The van der Waals surface area contributed by atoms with Crippen LogP contribution in [-0.4, -0.2) is 47.2 Å². The van der Waals surface area contributed by atoms with Gasteiger partial charge in [0.1, 0.15) is 0 Å². The molecule has 19 heavy (non-hydrogen) atoms. The van der Waals surface area contributed by atoms with Crippen LogP contribution in [-0.2, 0) is 4.79 Å². The number of carbonyl (C=O) groups excluding carboxylic acids is 2. The number of carbonyl (C=O) groups is 2. The van der Waals surface area contributed by atoms with Gasteiger partial charge in [0.2, 0.25) is 5.91 Å². The molecule has 1 aliphatic carbocycles. The van der Waals surface area contributed by atoms with E-state index >= 15 is 0 Å². The van der Waals surface area contributed by atoms with Gasteiger partial charge in [-0.2, -0.15) is 0 Å². The Labute approximate surface area is 114 Å². The molecule has 3 amide bonds. The van der Waals surface area contributed by atoms with E-state index in [4.69, 9.17) is 5.73 Å². The van der Waals surface area contributed by atoms with Crippen LogP contribution in [0.2, 0.25) is 0 Å². The summed E-state index contributed by atoms with van der Waals surface area (Å²) >= 11 is 0. The Morgan fingerprint density at radius 2 is 2.00 bits per heavy atom. The highest BCUT2D eigenvalue weighted by atomic mass is 16.3. The molecule has 1 rings (SSSR count). The lowest BCUT2D eigenvalue weighted by Gasteiger charge is -2.35. The van der Waals surface area contributed by atoms with Crippen molar-refractivity contribution in [1.29, 1.82) is 0 Å². The average molecular weight is 271 g/mol. The summed E-state index contributed by atoms with van der Waals surface area (Å²) < 4.78 is 0. The summed E-state index contributed by atoms with van der Waals surface area (Å²) in [6, 6.07) is -0.380. The van der Waals surface area contributed by atoms with Crippen molar-refractivity contribution < 1.29 is 14.7 Å². The minimum atomic E-state index is -0.815. The Morgan fingerprint density at radius 3 is 2.53 bits per heavy atom. The number of nitrogens with one attached hydrogen (secondary N) is 1. The summed E-state index contributed by atoms with van der Waals surface area (Å²) in [5.41, 5.74) is 4.90. The van der Waals surface area contributed by atoms with Gasteiger partial charge in [-0.15, -0.1) is 0 Å². The van der Waals surface area contributed by atoms with E-state index in [9.17, 15) is 14.7 Å². The van der Waals surface area contributed by atoms with Crippen molar-refractivity contribution in [1.82, 2.24) is 10.2 Å². The third-order valence-corrected chi connectivity index (χ3v) is 3.48. The highest BCUT2D eigenvalue weighted by molar-refractivity contribution is 5.93. The minimum Gasteiger partial charge on any atom is -0.392 e. The van der Waals surface area contributed by atoms with Gasteiger partial charge in [0.05, 0.1) is 6.10 Å². The van der Waals surface area contributed by atoms with E-state index in [0.29, 0.717) is 19.1 Å². The van der Waals surface area contributed by atoms with E-state index in [1.165, 1.54) is 19.3 Å². The Kier molecular flexibility index (Phi) is 6.80. The molecule has 4 N–H and O–H groups in total. The molecule has 0 radical (unpaired) electrons. The summed E-state index contributed by atoms with van der Waals surface area (Å²) in [4.78, 5) is 24.2. The molecule has 0 aromatic rings. The third-order valence-electron chi connectivity index (χ3n) is 3.48. The van der Waals surface area contributed by atoms with E-state index in [-0.39, 0.29) is 12.3 Å². The SMILES string of the molecule is C[C@H](O)CN(CCC(=O)NC(N)=O)C1CCCCC1. The van der Waals surface area contributed by atoms with Crippen molar-refractivity contribution in [2.24, 2.45) is 5.73 Å². The van der Waals surface area contributed by atoms with Gasteiger partial charge < -0.3 is 10.8 Å². The first-order valence-electron chi connectivity index (χ1n) is 7.00. The normalized spacial score (nSPS) is 18.3. The maximum Gasteiger partial charge on any atom is 0.318 e. The molecule has 0 unspecified atom stereocenters. The van der Waals surface area contributed by atoms with E-state index in [2.05, 4.69) is 10.2 Å². The second-order valence-corrected chi connectivity index (χ2v) is 5.30. The van der Waals surface area contributed by atoms with Crippen LogP contribution in [0.5, 0.6) is 0 Å². The van der Waals surface area contributed by atoms with Gasteiger partial charge in [0.25, 0.3) is 0 Å². The fourth-order valence-electron chi connectivity index (χ4n) is 2.65. The van der Waals surface area contributed by atoms with Crippen molar-refractivity contribution in [2.75, 3.05) is 13.1 Å². The highest BCUT2D eigenvalue weighted by Gasteiger charge is 2.22. The summed E-state index contributed by atoms with van der Waals surface area (Å²) in [7, 11) is 0. The number of hydrogen-bond acceptors (Lipinski definition) is 4. The van der Waals surface area contributed by atoms with Crippen molar-refractivity contribution in [2.45, 2.75) is 57.6 Å². The molecule has 6 heteroatoms. The number of amides is 3. The maximum absolute atomic E-state index is 11.4. The van der Waals surface area contributed by atoms with Crippen LogP contribution in [0, 0.1) is 0 Å². The van der Waals surface area contributed by atoms with Crippen LogP contribution in [0.1, 0.15) is 45.4 Å². The van der Waals surface area contributed by atoms with E-state index < -0.39 is 12.1 Å². The minimum absolute atomic E-state index is 0.228. The Hall–Kier alpha value is -1.14. The molecule has 1 aliphatic rings. The molecule has 1 saturated carbocycles. The first-order valence-corrected chi connectivity index (χ1v) is 7.00. The topological polar surface area (TPSA) is 95.7 Å². The molecule has 1 fully saturated rings. The van der Waals surface area contributed by atoms with Gasteiger partial charge in [-0.3, -0.25) is 15.0 Å². The van der Waals surface area contributed by atoms with E-state index in [1.807, 2.05) is 0 Å². The van der Waals surface area contributed by atoms with Crippen LogP contribution in [0.15, 0.2) is 0 Å². The van der Waals surface area contributed by atoms with Crippen LogP contribution in [0.4, 0.5) is 4.79 Å². The molecule has 0 aromatic heterocycles. The zero-order valence-corrected chi connectivity index (χ0v) is 11.6. The highest BCUT2D eigenvalue weighted by Crippen LogP contribution is 2.22. The number of aliphatic hydroxyl groups is 1. The van der Waals surface area contributed by atoms with Gasteiger partial charge in [0, 0.05) is 25.6 Å². The third kappa shape index (κ3) is 6.54. The van der Waals surface area contributed by atoms with Crippen molar-refractivity contribution >= 4 is 11.9 Å². The maximum atomic E-state index is 11.4. The smallest absolute Gasteiger partial charge is 0.318 e. The van der Waals surface area contributed by atoms with Gasteiger partial charge >= 0.3 is 6.03 Å². The summed E-state index contributed by atoms with van der Waals surface area (Å²) in [6.45, 7) is 2.86. The number of rotatable bonds is 6. The number of hydrogen-bond donors (Lipinski definition) is 3. The fourth-order valence-corrected chi connectivity index (χ4v) is 2.65. The standard InChI is InChI=1S/C13H25N3O3/c1-10(17)9-16(11-5-3-2-4-6-11)8-7-12(18)15-13(14)19/h10-11,17H,2-9H2,1H3,(H3,14,15,18,19)/t10-/m0/s1. The number of imide groups is 1. The zero-order chi connectivity index (χ0) is 14.3. The Morgan fingerprint density at radius 1 is 1.37 bits per heavy atom. The number of nitrogens with zero attached hydrogens (tertiary/aromatic N) is 1.